The number of nitrogens with zero attached hydrogens (tertiary/aromatic N) is 1. The summed E-state index contributed by atoms with van der Waals surface area (Å²) in [6.07, 6.45) is 6.22. The largest absolute Gasteiger partial charge is 0.442 e. The van der Waals surface area contributed by atoms with E-state index >= 15 is 0 Å². The lowest BCUT2D eigenvalue weighted by Gasteiger charge is -2.56. The predicted octanol–water partition coefficient (Wildman–Crippen LogP) is 3.77. The molecule has 0 unspecified atom stereocenters. The van der Waals surface area contributed by atoms with Gasteiger partial charge in [0, 0.05) is 23.9 Å². The molecule has 1 spiro atoms. The second kappa shape index (κ2) is 6.58. The highest BCUT2D eigenvalue weighted by Crippen LogP contribution is 2.47. The van der Waals surface area contributed by atoms with Crippen molar-refractivity contribution in [3.63, 3.8) is 0 Å². The number of hydrogen-bond acceptors (Lipinski definition) is 5. The lowest BCUT2D eigenvalue weighted by atomic mass is 9.76. The maximum absolute atomic E-state index is 12.2. The summed E-state index contributed by atoms with van der Waals surface area (Å²) in [5.74, 6) is -0.164. The molecule has 1 N–H and O–H groups in total. The van der Waals surface area contributed by atoms with Gasteiger partial charge < -0.3 is 4.74 Å². The van der Waals surface area contributed by atoms with Crippen molar-refractivity contribution in [2.24, 2.45) is 0 Å². The van der Waals surface area contributed by atoms with E-state index in [4.69, 9.17) is 9.57 Å². The zero-order valence-electron chi connectivity index (χ0n) is 16.6. The quantitative estimate of drug-likeness (QED) is 0.589. The van der Waals surface area contributed by atoms with Crippen molar-refractivity contribution in [3.05, 3.63) is 0 Å². The second-order valence-corrected chi connectivity index (χ2v) is 9.30. The molecule has 24 heavy (non-hydrogen) atoms. The highest BCUT2D eigenvalue weighted by molar-refractivity contribution is 5.82. The number of ether oxygens (including phenoxy) is 1. The van der Waals surface area contributed by atoms with Crippen molar-refractivity contribution < 1.29 is 14.4 Å². The van der Waals surface area contributed by atoms with Gasteiger partial charge in [0.15, 0.2) is 5.72 Å². The average Bonchev–Trinajstić information content (AvgIpc) is 2.59. The van der Waals surface area contributed by atoms with Gasteiger partial charge in [-0.25, -0.2) is 0 Å². The van der Waals surface area contributed by atoms with Crippen LogP contribution in [-0.4, -0.2) is 40.0 Å². The van der Waals surface area contributed by atoms with Crippen LogP contribution in [0.1, 0.15) is 87.0 Å². The van der Waals surface area contributed by atoms with E-state index < -0.39 is 11.3 Å². The molecular formula is C19H36N2O3. The third kappa shape index (κ3) is 3.94. The van der Waals surface area contributed by atoms with E-state index in [9.17, 15) is 4.79 Å². The Morgan fingerprint density at radius 1 is 1.04 bits per heavy atom. The third-order valence-electron chi connectivity index (χ3n) is 5.09. The van der Waals surface area contributed by atoms with Crippen molar-refractivity contribution in [1.29, 1.82) is 0 Å². The Kier molecular flexibility index (Phi) is 5.39. The maximum atomic E-state index is 12.2. The van der Waals surface area contributed by atoms with Crippen molar-refractivity contribution in [1.82, 2.24) is 10.4 Å². The zero-order valence-corrected chi connectivity index (χ0v) is 16.6. The fourth-order valence-corrected chi connectivity index (χ4v) is 4.57. The Hall–Kier alpha value is -0.650. The minimum absolute atomic E-state index is 0.164. The molecular weight excluding hydrogens is 304 g/mol. The standard InChI is InChI=1S/C19H36N2O3/c1-8-9-10-11-12-23-21-16(2,3)13-19(14-17(21,4)5)20-18(6,7)15(22)24-19/h20H,8-14H2,1-7H3. The van der Waals surface area contributed by atoms with Crippen LogP contribution in [0.25, 0.3) is 0 Å². The fourth-order valence-electron chi connectivity index (χ4n) is 4.57. The molecule has 0 atom stereocenters. The van der Waals surface area contributed by atoms with Gasteiger partial charge in [0.25, 0.3) is 0 Å². The number of rotatable bonds is 6. The van der Waals surface area contributed by atoms with Crippen LogP contribution in [-0.2, 0) is 14.4 Å². The normalized spacial score (nSPS) is 27.4. The SMILES string of the molecule is CCCCCCON1C(C)(C)CC2(CC1(C)C)NC(C)(C)C(=O)O2. The second-order valence-electron chi connectivity index (χ2n) is 9.30. The molecule has 2 aliphatic rings. The maximum Gasteiger partial charge on any atom is 0.327 e. The Morgan fingerprint density at radius 3 is 2.08 bits per heavy atom. The van der Waals surface area contributed by atoms with E-state index in [0.29, 0.717) is 12.8 Å². The van der Waals surface area contributed by atoms with Crippen LogP contribution < -0.4 is 5.32 Å². The number of esters is 1. The summed E-state index contributed by atoms with van der Waals surface area (Å²) in [5, 5.41) is 5.59. The molecule has 2 heterocycles. The highest BCUT2D eigenvalue weighted by atomic mass is 16.7. The number of nitrogens with one attached hydrogen (secondary N) is 1. The number of carbonyl (C=O) groups is 1. The van der Waals surface area contributed by atoms with E-state index in [1.165, 1.54) is 19.3 Å². The van der Waals surface area contributed by atoms with E-state index in [1.54, 1.807) is 0 Å². The van der Waals surface area contributed by atoms with Crippen LogP contribution in [0.15, 0.2) is 0 Å². The molecule has 0 aromatic heterocycles. The van der Waals surface area contributed by atoms with Crippen molar-refractivity contribution in [3.8, 4) is 0 Å². The first-order valence-corrected chi connectivity index (χ1v) is 9.40. The molecule has 2 rings (SSSR count). The van der Waals surface area contributed by atoms with Gasteiger partial charge in [-0.2, -0.15) is 5.06 Å². The van der Waals surface area contributed by atoms with E-state index in [0.717, 1.165) is 13.0 Å². The Bertz CT molecular complexity index is 453. The van der Waals surface area contributed by atoms with Crippen LogP contribution in [0.2, 0.25) is 0 Å². The van der Waals surface area contributed by atoms with Gasteiger partial charge in [-0.05, 0) is 48.0 Å². The van der Waals surface area contributed by atoms with Crippen molar-refractivity contribution >= 4 is 5.97 Å². The van der Waals surface area contributed by atoms with Crippen LogP contribution in [0.5, 0.6) is 0 Å². The fraction of sp³-hybridized carbons (Fsp3) is 0.947. The van der Waals surface area contributed by atoms with E-state index in [2.05, 4.69) is 45.0 Å². The van der Waals surface area contributed by atoms with E-state index in [-0.39, 0.29) is 17.0 Å². The number of piperidine rings is 1. The summed E-state index contributed by atoms with van der Waals surface area (Å²) in [7, 11) is 0. The van der Waals surface area contributed by atoms with Crippen LogP contribution >= 0.6 is 0 Å². The summed E-state index contributed by atoms with van der Waals surface area (Å²) < 4.78 is 5.85. The Labute approximate surface area is 147 Å². The highest BCUT2D eigenvalue weighted by Gasteiger charge is 2.61. The predicted molar refractivity (Wildman–Crippen MR) is 95.4 cm³/mol. The molecule has 5 nitrogen and oxygen atoms in total. The number of unbranched alkanes of at least 4 members (excludes halogenated alkanes) is 3. The van der Waals surface area contributed by atoms with Gasteiger partial charge in [0.2, 0.25) is 0 Å². The molecule has 0 radical (unpaired) electrons. The molecule has 0 amide bonds. The summed E-state index contributed by atoms with van der Waals surface area (Å²) >= 11 is 0. The Balaban J connectivity index is 2.08. The monoisotopic (exact) mass is 340 g/mol. The van der Waals surface area contributed by atoms with Gasteiger partial charge in [0.05, 0.1) is 6.61 Å². The van der Waals surface area contributed by atoms with Gasteiger partial charge in [-0.3, -0.25) is 14.9 Å². The summed E-state index contributed by atoms with van der Waals surface area (Å²) in [6.45, 7) is 15.4. The summed E-state index contributed by atoms with van der Waals surface area (Å²) in [5.41, 5.74) is -1.68. The molecule has 2 fully saturated rings. The van der Waals surface area contributed by atoms with Crippen LogP contribution in [0.4, 0.5) is 0 Å². The molecule has 0 aromatic carbocycles. The molecule has 2 saturated heterocycles. The molecule has 2 aliphatic heterocycles. The zero-order chi connectivity index (χ0) is 18.2. The average molecular weight is 341 g/mol. The Morgan fingerprint density at radius 2 is 1.62 bits per heavy atom. The van der Waals surface area contributed by atoms with Gasteiger partial charge in [-0.1, -0.05) is 26.2 Å². The summed E-state index contributed by atoms with van der Waals surface area (Å²) in [6, 6.07) is 0. The number of hydrogen-bond donors (Lipinski definition) is 1. The van der Waals surface area contributed by atoms with Gasteiger partial charge >= 0.3 is 5.97 Å². The van der Waals surface area contributed by atoms with E-state index in [1.807, 2.05) is 13.8 Å². The molecule has 0 bridgehead atoms. The van der Waals surface area contributed by atoms with Gasteiger partial charge in [-0.15, -0.1) is 0 Å². The minimum atomic E-state index is -0.630. The molecule has 0 aliphatic carbocycles. The van der Waals surface area contributed by atoms with Crippen molar-refractivity contribution in [2.45, 2.75) is 109 Å². The topological polar surface area (TPSA) is 50.8 Å². The smallest absolute Gasteiger partial charge is 0.327 e. The van der Waals surface area contributed by atoms with Crippen molar-refractivity contribution in [2.75, 3.05) is 6.61 Å². The molecule has 0 saturated carbocycles. The first-order valence-electron chi connectivity index (χ1n) is 9.40. The number of carbonyl (C=O) groups excluding carboxylic acids is 1. The molecule has 5 heteroatoms. The lowest BCUT2D eigenvalue weighted by Crippen LogP contribution is -2.68. The third-order valence-corrected chi connectivity index (χ3v) is 5.09. The molecule has 0 aromatic rings. The molecule has 140 valence electrons. The summed E-state index contributed by atoms with van der Waals surface area (Å²) in [4.78, 5) is 18.4. The lowest BCUT2D eigenvalue weighted by molar-refractivity contribution is -0.306. The van der Waals surface area contributed by atoms with Crippen LogP contribution in [0.3, 0.4) is 0 Å². The first-order chi connectivity index (χ1) is 10.9. The minimum Gasteiger partial charge on any atom is -0.442 e. The van der Waals surface area contributed by atoms with Gasteiger partial charge in [0.1, 0.15) is 5.54 Å². The number of hydroxylamine groups is 2. The van der Waals surface area contributed by atoms with Crippen LogP contribution in [0, 0.1) is 0 Å². The first kappa shape index (κ1) is 19.7.